The Kier molecular flexibility index (Phi) is 6.03. The molecule has 0 radical (unpaired) electrons. The quantitative estimate of drug-likeness (QED) is 0.598. The number of likely N-dealkylation sites (N-methyl/N-ethyl adjacent to an activating group) is 1. The van der Waals surface area contributed by atoms with Gasteiger partial charge in [-0.05, 0) is 37.7 Å². The number of pyridine rings is 1. The molecule has 1 aromatic heterocycles. The molecule has 0 unspecified atom stereocenters. The van der Waals surface area contributed by atoms with Crippen LogP contribution in [0.4, 0.5) is 5.69 Å². The Morgan fingerprint density at radius 3 is 2.81 bits per heavy atom. The molecule has 2 N–H and O–H groups in total. The van der Waals surface area contributed by atoms with E-state index in [0.717, 1.165) is 43.1 Å². The van der Waals surface area contributed by atoms with Crippen molar-refractivity contribution in [1.82, 2.24) is 9.88 Å². The van der Waals surface area contributed by atoms with Crippen LogP contribution in [-0.4, -0.2) is 36.6 Å². The number of nitrogens with two attached hydrogens (primary N) is 1. The molecule has 1 heterocycles. The van der Waals surface area contributed by atoms with Gasteiger partial charge in [-0.2, -0.15) is 0 Å². The average Bonchev–Trinajstić information content (AvgIpc) is 2.51. The first-order valence-electron chi connectivity index (χ1n) is 7.31. The molecular weight excluding hydrogens is 262 g/mol. The lowest BCUT2D eigenvalue weighted by Gasteiger charge is -2.16. The van der Waals surface area contributed by atoms with Gasteiger partial charge in [0.2, 0.25) is 0 Å². The highest BCUT2D eigenvalue weighted by Gasteiger charge is 2.01. The minimum absolute atomic E-state index is 0.706. The smallest absolute Gasteiger partial charge is 0.121 e. The van der Waals surface area contributed by atoms with Crippen molar-refractivity contribution in [1.29, 1.82) is 0 Å². The van der Waals surface area contributed by atoms with Gasteiger partial charge in [0, 0.05) is 43.2 Å². The highest BCUT2D eigenvalue weighted by atomic mass is 16.5. The van der Waals surface area contributed by atoms with Crippen LogP contribution < -0.4 is 10.5 Å². The topological polar surface area (TPSA) is 51.4 Å². The predicted octanol–water partition coefficient (Wildman–Crippen LogP) is 2.61. The van der Waals surface area contributed by atoms with E-state index in [1.54, 1.807) is 0 Å². The first-order chi connectivity index (χ1) is 10.2. The van der Waals surface area contributed by atoms with E-state index in [9.17, 15) is 0 Å². The third kappa shape index (κ3) is 5.83. The van der Waals surface area contributed by atoms with Crippen LogP contribution in [0.3, 0.4) is 0 Å². The van der Waals surface area contributed by atoms with Crippen LogP contribution >= 0.6 is 0 Å². The third-order valence-electron chi connectivity index (χ3n) is 3.29. The Balaban J connectivity index is 1.60. The fourth-order valence-corrected chi connectivity index (χ4v) is 2.09. The molecule has 0 atom stereocenters. The normalized spacial score (nSPS) is 10.8. The maximum Gasteiger partial charge on any atom is 0.121 e. The van der Waals surface area contributed by atoms with Crippen LogP contribution in [0.5, 0.6) is 5.75 Å². The van der Waals surface area contributed by atoms with Gasteiger partial charge >= 0.3 is 0 Å². The van der Waals surface area contributed by atoms with E-state index in [0.29, 0.717) is 6.61 Å². The fourth-order valence-electron chi connectivity index (χ4n) is 2.09. The Bertz CT molecular complexity index is 531. The Morgan fingerprint density at radius 1 is 1.14 bits per heavy atom. The summed E-state index contributed by atoms with van der Waals surface area (Å²) in [4.78, 5) is 6.63. The summed E-state index contributed by atoms with van der Waals surface area (Å²) in [5.41, 5.74) is 7.59. The number of ether oxygens (including phenoxy) is 1. The molecular formula is C17H23N3O. The highest BCUT2D eigenvalue weighted by Crippen LogP contribution is 2.14. The molecule has 0 bridgehead atoms. The number of nitrogens with zero attached hydrogens (tertiary/aromatic N) is 2. The number of rotatable bonds is 8. The van der Waals surface area contributed by atoms with E-state index in [1.165, 1.54) is 0 Å². The Hall–Kier alpha value is -2.07. The summed E-state index contributed by atoms with van der Waals surface area (Å²) in [7, 11) is 2.13. The summed E-state index contributed by atoms with van der Waals surface area (Å²) in [5, 5.41) is 0. The lowest BCUT2D eigenvalue weighted by Crippen LogP contribution is -2.24. The molecule has 0 aliphatic heterocycles. The van der Waals surface area contributed by atoms with Gasteiger partial charge in [0.15, 0.2) is 0 Å². The van der Waals surface area contributed by atoms with Gasteiger partial charge in [-0.1, -0.05) is 12.1 Å². The second kappa shape index (κ2) is 8.27. The van der Waals surface area contributed by atoms with E-state index in [4.69, 9.17) is 10.5 Å². The van der Waals surface area contributed by atoms with Crippen molar-refractivity contribution in [3.05, 3.63) is 54.4 Å². The molecule has 4 heteroatoms. The van der Waals surface area contributed by atoms with Gasteiger partial charge in [-0.3, -0.25) is 4.98 Å². The van der Waals surface area contributed by atoms with Gasteiger partial charge in [0.25, 0.3) is 0 Å². The summed E-state index contributed by atoms with van der Waals surface area (Å²) in [6.07, 6.45) is 3.82. The molecule has 0 aliphatic rings. The first kappa shape index (κ1) is 15.3. The van der Waals surface area contributed by atoms with E-state index < -0.39 is 0 Å². The third-order valence-corrected chi connectivity index (χ3v) is 3.29. The molecule has 2 aromatic rings. The number of hydrogen-bond donors (Lipinski definition) is 1. The van der Waals surface area contributed by atoms with Crippen molar-refractivity contribution in [2.45, 2.75) is 12.8 Å². The number of nitrogen functional groups attached to an aromatic ring is 1. The lowest BCUT2D eigenvalue weighted by molar-refractivity contribution is 0.264. The van der Waals surface area contributed by atoms with Crippen LogP contribution in [0.2, 0.25) is 0 Å². The molecule has 0 amide bonds. The van der Waals surface area contributed by atoms with Crippen LogP contribution in [0, 0.1) is 0 Å². The molecule has 0 saturated carbocycles. The van der Waals surface area contributed by atoms with E-state index in [1.807, 2.05) is 42.6 Å². The Morgan fingerprint density at radius 2 is 2.05 bits per heavy atom. The van der Waals surface area contributed by atoms with E-state index in [2.05, 4.69) is 23.0 Å². The zero-order chi connectivity index (χ0) is 14.9. The summed E-state index contributed by atoms with van der Waals surface area (Å²) in [6, 6.07) is 13.6. The summed E-state index contributed by atoms with van der Waals surface area (Å²) < 4.78 is 5.68. The fraction of sp³-hybridized carbons (Fsp3) is 0.353. The molecule has 1 aromatic carbocycles. The molecule has 0 spiro atoms. The average molecular weight is 285 g/mol. The van der Waals surface area contributed by atoms with Gasteiger partial charge in [0.05, 0.1) is 6.61 Å². The van der Waals surface area contributed by atoms with Gasteiger partial charge in [-0.25, -0.2) is 0 Å². The minimum atomic E-state index is 0.706. The van der Waals surface area contributed by atoms with Gasteiger partial charge in [-0.15, -0.1) is 0 Å². The number of hydrogen-bond acceptors (Lipinski definition) is 4. The van der Waals surface area contributed by atoms with Crippen LogP contribution in [0.15, 0.2) is 48.7 Å². The van der Waals surface area contributed by atoms with Crippen molar-refractivity contribution in [3.63, 3.8) is 0 Å². The van der Waals surface area contributed by atoms with Crippen LogP contribution in [-0.2, 0) is 6.42 Å². The van der Waals surface area contributed by atoms with Crippen molar-refractivity contribution in [2.75, 3.05) is 32.5 Å². The summed E-state index contributed by atoms with van der Waals surface area (Å²) in [5.74, 6) is 0.839. The first-order valence-corrected chi connectivity index (χ1v) is 7.31. The van der Waals surface area contributed by atoms with Crippen LogP contribution in [0.1, 0.15) is 12.1 Å². The van der Waals surface area contributed by atoms with Crippen molar-refractivity contribution < 1.29 is 4.74 Å². The van der Waals surface area contributed by atoms with Crippen molar-refractivity contribution in [2.24, 2.45) is 0 Å². The molecule has 0 fully saturated rings. The zero-order valence-electron chi connectivity index (χ0n) is 12.5. The largest absolute Gasteiger partial charge is 0.493 e. The lowest BCUT2D eigenvalue weighted by atomic mass is 10.2. The summed E-state index contributed by atoms with van der Waals surface area (Å²) >= 11 is 0. The van der Waals surface area contributed by atoms with Crippen molar-refractivity contribution in [3.8, 4) is 5.75 Å². The monoisotopic (exact) mass is 285 g/mol. The SMILES string of the molecule is CN(CCCOc1cccc(N)c1)CCc1ccccn1. The number of benzene rings is 1. The molecule has 2 rings (SSSR count). The predicted molar refractivity (Wildman–Crippen MR) is 86.4 cm³/mol. The number of anilines is 1. The van der Waals surface area contributed by atoms with E-state index >= 15 is 0 Å². The standard InChI is InChI=1S/C17H23N3O/c1-20(12-9-16-7-2-3-10-19-16)11-5-13-21-17-8-4-6-15(18)14-17/h2-4,6-8,10,14H,5,9,11-13,18H2,1H3. The number of aromatic nitrogens is 1. The second-order valence-corrected chi connectivity index (χ2v) is 5.15. The summed E-state index contributed by atoms with van der Waals surface area (Å²) in [6.45, 7) is 2.72. The van der Waals surface area contributed by atoms with Crippen molar-refractivity contribution >= 4 is 5.69 Å². The zero-order valence-corrected chi connectivity index (χ0v) is 12.5. The van der Waals surface area contributed by atoms with Gasteiger partial charge in [0.1, 0.15) is 5.75 Å². The maximum absolute atomic E-state index is 5.71. The molecule has 0 saturated heterocycles. The Labute approximate surface area is 126 Å². The molecule has 21 heavy (non-hydrogen) atoms. The van der Waals surface area contributed by atoms with Gasteiger partial charge < -0.3 is 15.4 Å². The van der Waals surface area contributed by atoms with E-state index in [-0.39, 0.29) is 0 Å². The molecule has 0 aliphatic carbocycles. The van der Waals surface area contributed by atoms with Crippen LogP contribution in [0.25, 0.3) is 0 Å². The highest BCUT2D eigenvalue weighted by molar-refractivity contribution is 5.43. The second-order valence-electron chi connectivity index (χ2n) is 5.15. The molecule has 4 nitrogen and oxygen atoms in total. The maximum atomic E-state index is 5.71. The minimum Gasteiger partial charge on any atom is -0.493 e. The molecule has 112 valence electrons.